The second kappa shape index (κ2) is 4.88. The van der Waals surface area contributed by atoms with Crippen molar-refractivity contribution in [2.75, 3.05) is 11.6 Å². The molecule has 1 heterocycles. The molecule has 1 aromatic rings. The molecule has 1 aliphatic rings. The van der Waals surface area contributed by atoms with Gasteiger partial charge in [-0.2, -0.15) is 0 Å². The Morgan fingerprint density at radius 3 is 2.87 bits per heavy atom. The topological polar surface area (TPSA) is 24.9 Å². The fraction of sp³-hybridized carbons (Fsp3) is 0.583. The molecule has 0 bridgehead atoms. The Hall–Kier alpha value is -0.700. The molecule has 1 N–H and O–H groups in total. The Morgan fingerprint density at radius 2 is 2.33 bits per heavy atom. The van der Waals surface area contributed by atoms with E-state index in [-0.39, 0.29) is 0 Å². The van der Waals surface area contributed by atoms with Crippen LogP contribution in [0.4, 0.5) is 5.82 Å². The number of anilines is 1. The summed E-state index contributed by atoms with van der Waals surface area (Å²) in [7, 11) is 0. The molecule has 0 aromatic carbocycles. The number of hydrogen-bond acceptors (Lipinski definition) is 3. The zero-order chi connectivity index (χ0) is 10.7. The van der Waals surface area contributed by atoms with Gasteiger partial charge in [0, 0.05) is 17.1 Å². The van der Waals surface area contributed by atoms with Gasteiger partial charge in [0.15, 0.2) is 0 Å². The molecule has 1 aromatic heterocycles. The molecule has 0 aliphatic heterocycles. The molecule has 1 unspecified atom stereocenters. The number of nitrogens with zero attached hydrogens (tertiary/aromatic N) is 1. The summed E-state index contributed by atoms with van der Waals surface area (Å²) in [5.74, 6) is 1.97. The number of rotatable bonds is 5. The minimum atomic E-state index is 0.546. The normalized spacial score (nSPS) is 17.5. The lowest BCUT2D eigenvalue weighted by molar-refractivity contribution is 0.640. The second-order valence-electron chi connectivity index (χ2n) is 4.31. The van der Waals surface area contributed by atoms with E-state index in [2.05, 4.69) is 35.6 Å². The molecule has 2 rings (SSSR count). The minimum Gasteiger partial charge on any atom is -0.368 e. The van der Waals surface area contributed by atoms with Crippen molar-refractivity contribution in [3.05, 3.63) is 18.3 Å². The highest BCUT2D eigenvalue weighted by atomic mass is 32.2. The lowest BCUT2D eigenvalue weighted by atomic mass is 10.1. The van der Waals surface area contributed by atoms with Crippen molar-refractivity contribution >= 4 is 17.6 Å². The SMILES string of the molecule is CSc1ccc(NC(C)CC2CC2)nc1. The van der Waals surface area contributed by atoms with Crippen molar-refractivity contribution in [3.63, 3.8) is 0 Å². The van der Waals surface area contributed by atoms with E-state index in [0.717, 1.165) is 11.7 Å². The molecule has 0 radical (unpaired) electrons. The van der Waals surface area contributed by atoms with Gasteiger partial charge in [0.05, 0.1) is 0 Å². The first kappa shape index (κ1) is 10.8. The van der Waals surface area contributed by atoms with Crippen LogP contribution in [0.2, 0.25) is 0 Å². The van der Waals surface area contributed by atoms with E-state index in [0.29, 0.717) is 6.04 Å². The summed E-state index contributed by atoms with van der Waals surface area (Å²) in [6, 6.07) is 4.73. The monoisotopic (exact) mass is 222 g/mol. The Morgan fingerprint density at radius 1 is 1.53 bits per heavy atom. The van der Waals surface area contributed by atoms with Crippen molar-refractivity contribution in [1.29, 1.82) is 0 Å². The summed E-state index contributed by atoms with van der Waals surface area (Å²) in [5, 5.41) is 3.44. The summed E-state index contributed by atoms with van der Waals surface area (Å²) in [5.41, 5.74) is 0. The van der Waals surface area contributed by atoms with Crippen LogP contribution in [0.5, 0.6) is 0 Å². The van der Waals surface area contributed by atoms with Crippen molar-refractivity contribution in [3.8, 4) is 0 Å². The average Bonchev–Trinajstić information content (AvgIpc) is 3.03. The smallest absolute Gasteiger partial charge is 0.126 e. The molecule has 82 valence electrons. The van der Waals surface area contributed by atoms with E-state index < -0.39 is 0 Å². The quantitative estimate of drug-likeness (QED) is 0.773. The summed E-state index contributed by atoms with van der Waals surface area (Å²) in [6.45, 7) is 2.24. The van der Waals surface area contributed by atoms with E-state index in [1.807, 2.05) is 6.20 Å². The van der Waals surface area contributed by atoms with E-state index in [1.165, 1.54) is 24.2 Å². The number of nitrogens with one attached hydrogen (secondary N) is 1. The molecule has 0 spiro atoms. The summed E-state index contributed by atoms with van der Waals surface area (Å²) >= 11 is 1.73. The third kappa shape index (κ3) is 3.42. The predicted octanol–water partition coefficient (Wildman–Crippen LogP) is 3.40. The Bertz CT molecular complexity index is 306. The first-order chi connectivity index (χ1) is 7.28. The largest absolute Gasteiger partial charge is 0.368 e. The zero-order valence-corrected chi connectivity index (χ0v) is 10.2. The third-order valence-corrected chi connectivity index (χ3v) is 3.46. The molecule has 0 saturated heterocycles. The van der Waals surface area contributed by atoms with E-state index >= 15 is 0 Å². The maximum absolute atomic E-state index is 4.39. The summed E-state index contributed by atoms with van der Waals surface area (Å²) in [6.07, 6.45) is 8.12. The maximum Gasteiger partial charge on any atom is 0.126 e. The molecule has 1 fully saturated rings. The van der Waals surface area contributed by atoms with Gasteiger partial charge in [0.1, 0.15) is 5.82 Å². The van der Waals surface area contributed by atoms with Crippen molar-refractivity contribution in [2.45, 2.75) is 37.1 Å². The van der Waals surface area contributed by atoms with Gasteiger partial charge in [-0.05, 0) is 37.7 Å². The van der Waals surface area contributed by atoms with E-state index in [4.69, 9.17) is 0 Å². The van der Waals surface area contributed by atoms with Crippen LogP contribution in [0.15, 0.2) is 23.2 Å². The standard InChI is InChI=1S/C12H18N2S/c1-9(7-10-3-4-10)14-12-6-5-11(15-2)8-13-12/h5-6,8-10H,3-4,7H2,1-2H3,(H,13,14). The van der Waals surface area contributed by atoms with Crippen LogP contribution in [-0.2, 0) is 0 Å². The lowest BCUT2D eigenvalue weighted by Gasteiger charge is -2.13. The second-order valence-corrected chi connectivity index (χ2v) is 5.19. The molecule has 15 heavy (non-hydrogen) atoms. The van der Waals surface area contributed by atoms with Gasteiger partial charge in [0.2, 0.25) is 0 Å². The molecule has 0 amide bonds. The first-order valence-electron chi connectivity index (χ1n) is 5.54. The highest BCUT2D eigenvalue weighted by Gasteiger charge is 2.23. The number of hydrogen-bond donors (Lipinski definition) is 1. The third-order valence-electron chi connectivity index (χ3n) is 2.75. The molecular weight excluding hydrogens is 204 g/mol. The minimum absolute atomic E-state index is 0.546. The van der Waals surface area contributed by atoms with E-state index in [9.17, 15) is 0 Å². The van der Waals surface area contributed by atoms with Gasteiger partial charge in [-0.15, -0.1) is 11.8 Å². The fourth-order valence-electron chi connectivity index (χ4n) is 1.75. The van der Waals surface area contributed by atoms with Crippen LogP contribution < -0.4 is 5.32 Å². The van der Waals surface area contributed by atoms with Crippen molar-refractivity contribution < 1.29 is 0 Å². The van der Waals surface area contributed by atoms with Gasteiger partial charge in [-0.1, -0.05) is 12.8 Å². The van der Waals surface area contributed by atoms with Gasteiger partial charge in [-0.25, -0.2) is 4.98 Å². The Kier molecular flexibility index (Phi) is 3.52. The predicted molar refractivity (Wildman–Crippen MR) is 66.4 cm³/mol. The van der Waals surface area contributed by atoms with Gasteiger partial charge >= 0.3 is 0 Å². The summed E-state index contributed by atoms with van der Waals surface area (Å²) < 4.78 is 0. The zero-order valence-electron chi connectivity index (χ0n) is 9.36. The van der Waals surface area contributed by atoms with Crippen molar-refractivity contribution in [2.24, 2.45) is 5.92 Å². The maximum atomic E-state index is 4.39. The molecule has 1 saturated carbocycles. The molecule has 3 heteroatoms. The van der Waals surface area contributed by atoms with Crippen LogP contribution in [0.25, 0.3) is 0 Å². The van der Waals surface area contributed by atoms with Crippen LogP contribution in [0, 0.1) is 5.92 Å². The average molecular weight is 222 g/mol. The molecule has 1 aliphatic carbocycles. The Labute approximate surface area is 95.9 Å². The fourth-order valence-corrected chi connectivity index (χ4v) is 2.11. The van der Waals surface area contributed by atoms with E-state index in [1.54, 1.807) is 11.8 Å². The van der Waals surface area contributed by atoms with Crippen LogP contribution in [0.3, 0.4) is 0 Å². The molecule has 1 atom stereocenters. The summed E-state index contributed by atoms with van der Waals surface area (Å²) in [4.78, 5) is 5.60. The molecule has 2 nitrogen and oxygen atoms in total. The highest BCUT2D eigenvalue weighted by molar-refractivity contribution is 7.98. The first-order valence-corrected chi connectivity index (χ1v) is 6.77. The van der Waals surface area contributed by atoms with Crippen LogP contribution in [-0.4, -0.2) is 17.3 Å². The number of thioether (sulfide) groups is 1. The van der Waals surface area contributed by atoms with Crippen LogP contribution >= 0.6 is 11.8 Å². The molecular formula is C12H18N2S. The van der Waals surface area contributed by atoms with Crippen molar-refractivity contribution in [1.82, 2.24) is 4.98 Å². The lowest BCUT2D eigenvalue weighted by Crippen LogP contribution is -2.16. The highest BCUT2D eigenvalue weighted by Crippen LogP contribution is 2.33. The van der Waals surface area contributed by atoms with Gasteiger partial charge < -0.3 is 5.32 Å². The Balaban J connectivity index is 1.85. The number of aromatic nitrogens is 1. The van der Waals surface area contributed by atoms with Crippen LogP contribution in [0.1, 0.15) is 26.2 Å². The van der Waals surface area contributed by atoms with Gasteiger partial charge in [-0.3, -0.25) is 0 Å². The number of pyridine rings is 1. The van der Waals surface area contributed by atoms with Gasteiger partial charge in [0.25, 0.3) is 0 Å².